The van der Waals surface area contributed by atoms with Crippen LogP contribution in [0.3, 0.4) is 0 Å². The van der Waals surface area contributed by atoms with E-state index < -0.39 is 32.7 Å². The summed E-state index contributed by atoms with van der Waals surface area (Å²) in [5, 5.41) is 0. The second-order valence-corrected chi connectivity index (χ2v) is 6.98. The zero-order valence-corrected chi connectivity index (χ0v) is 12.4. The van der Waals surface area contributed by atoms with Gasteiger partial charge in [0.15, 0.2) is 11.0 Å². The lowest BCUT2D eigenvalue weighted by Crippen LogP contribution is -2.51. The van der Waals surface area contributed by atoms with Crippen LogP contribution in [0.1, 0.15) is 0 Å². The fourth-order valence-corrected chi connectivity index (χ4v) is 3.93. The average molecular weight is 332 g/mol. The van der Waals surface area contributed by atoms with Crippen molar-refractivity contribution in [1.82, 2.24) is 9.21 Å². The average Bonchev–Trinajstić information content (AvgIpc) is 3.31. The van der Waals surface area contributed by atoms with Gasteiger partial charge in [-0.2, -0.15) is 4.31 Å². The fraction of sp³-hybridized carbons (Fsp3) is 0.462. The Morgan fingerprint density at radius 1 is 1.14 bits per heavy atom. The number of carbonyl (C=O) groups excluding carboxylic acids is 1. The summed E-state index contributed by atoms with van der Waals surface area (Å²) < 4.78 is 58.0. The largest absolute Gasteiger partial charge is 0.363 e. The summed E-state index contributed by atoms with van der Waals surface area (Å²) in [6.45, 7) is 0.725. The molecule has 0 spiro atoms. The summed E-state index contributed by atoms with van der Waals surface area (Å²) in [6.07, 6.45) is -0.424. The maximum absolute atomic E-state index is 13.7. The zero-order valence-electron chi connectivity index (χ0n) is 11.5. The molecule has 1 amide bonds. The van der Waals surface area contributed by atoms with Gasteiger partial charge in [0, 0.05) is 26.2 Å². The van der Waals surface area contributed by atoms with E-state index in [9.17, 15) is 22.0 Å². The molecule has 1 aromatic rings. The van der Waals surface area contributed by atoms with Gasteiger partial charge in [-0.15, -0.1) is 0 Å². The molecule has 1 aromatic carbocycles. The fourth-order valence-electron chi connectivity index (χ4n) is 2.40. The molecule has 0 aromatic heterocycles. The van der Waals surface area contributed by atoms with E-state index in [2.05, 4.69) is 0 Å². The molecule has 1 unspecified atom stereocenters. The highest BCUT2D eigenvalue weighted by Crippen LogP contribution is 2.24. The molecule has 0 radical (unpaired) electrons. The van der Waals surface area contributed by atoms with E-state index in [-0.39, 0.29) is 32.1 Å². The number of epoxide rings is 1. The minimum absolute atomic E-state index is 0.00539. The van der Waals surface area contributed by atoms with Crippen molar-refractivity contribution >= 4 is 15.9 Å². The monoisotopic (exact) mass is 332 g/mol. The highest BCUT2D eigenvalue weighted by molar-refractivity contribution is 7.89. The van der Waals surface area contributed by atoms with Crippen molar-refractivity contribution in [3.63, 3.8) is 0 Å². The summed E-state index contributed by atoms with van der Waals surface area (Å²) in [6, 6.07) is 2.91. The van der Waals surface area contributed by atoms with E-state index >= 15 is 0 Å². The Bertz CT molecular complexity index is 678. The van der Waals surface area contributed by atoms with E-state index in [0.717, 1.165) is 22.5 Å². The molecule has 0 aliphatic carbocycles. The lowest BCUT2D eigenvalue weighted by molar-refractivity contribution is -0.133. The summed E-state index contributed by atoms with van der Waals surface area (Å²) in [4.78, 5) is 12.4. The van der Waals surface area contributed by atoms with Crippen molar-refractivity contribution in [3.8, 4) is 0 Å². The quantitative estimate of drug-likeness (QED) is 0.741. The molecule has 2 aliphatic rings. The summed E-state index contributed by atoms with van der Waals surface area (Å²) in [5.74, 6) is -2.41. The Hall–Kier alpha value is -1.58. The Balaban J connectivity index is 1.76. The number of rotatable bonds is 3. The van der Waals surface area contributed by atoms with Crippen LogP contribution < -0.4 is 0 Å². The van der Waals surface area contributed by atoms with Crippen molar-refractivity contribution < 1.29 is 26.7 Å². The second-order valence-electron chi connectivity index (χ2n) is 5.10. The van der Waals surface area contributed by atoms with Crippen LogP contribution >= 0.6 is 0 Å². The minimum atomic E-state index is -4.26. The van der Waals surface area contributed by atoms with Crippen LogP contribution in [0, 0.1) is 11.6 Å². The normalized spacial score (nSPS) is 22.6. The molecule has 2 saturated heterocycles. The molecule has 2 aliphatic heterocycles. The first-order valence-electron chi connectivity index (χ1n) is 6.76. The van der Waals surface area contributed by atoms with Crippen molar-refractivity contribution in [1.29, 1.82) is 0 Å². The van der Waals surface area contributed by atoms with Gasteiger partial charge in [0.05, 0.1) is 6.61 Å². The molecule has 9 heteroatoms. The van der Waals surface area contributed by atoms with E-state index in [1.54, 1.807) is 0 Å². The molecular formula is C13H14F2N2O4S. The molecule has 1 atom stereocenters. The van der Waals surface area contributed by atoms with Crippen LogP contribution in [0.25, 0.3) is 0 Å². The highest BCUT2D eigenvalue weighted by atomic mass is 32.2. The Labute approximate surface area is 126 Å². The van der Waals surface area contributed by atoms with Crippen molar-refractivity contribution in [2.45, 2.75) is 11.0 Å². The lowest BCUT2D eigenvalue weighted by atomic mass is 10.3. The van der Waals surface area contributed by atoms with Gasteiger partial charge < -0.3 is 9.64 Å². The number of piperazine rings is 1. The number of amides is 1. The maximum atomic E-state index is 13.7. The van der Waals surface area contributed by atoms with Crippen LogP contribution in [0.5, 0.6) is 0 Å². The Morgan fingerprint density at radius 3 is 2.18 bits per heavy atom. The predicted molar refractivity (Wildman–Crippen MR) is 71.4 cm³/mol. The van der Waals surface area contributed by atoms with Gasteiger partial charge in [0.2, 0.25) is 10.0 Å². The van der Waals surface area contributed by atoms with E-state index in [1.807, 2.05) is 0 Å². The van der Waals surface area contributed by atoms with E-state index in [4.69, 9.17) is 4.74 Å². The highest BCUT2D eigenvalue weighted by Gasteiger charge is 2.39. The topological polar surface area (TPSA) is 70.2 Å². The number of hydrogen-bond donors (Lipinski definition) is 0. The molecule has 6 nitrogen and oxygen atoms in total. The summed E-state index contributed by atoms with van der Waals surface area (Å²) in [7, 11) is -4.26. The van der Waals surface area contributed by atoms with Gasteiger partial charge in [-0.05, 0) is 12.1 Å². The van der Waals surface area contributed by atoms with Crippen LogP contribution in [0.2, 0.25) is 0 Å². The number of sulfonamides is 1. The number of benzene rings is 1. The summed E-state index contributed by atoms with van der Waals surface area (Å²) in [5.41, 5.74) is 0. The molecule has 0 N–H and O–H groups in total. The molecule has 2 fully saturated rings. The van der Waals surface area contributed by atoms with Crippen molar-refractivity contribution in [2.75, 3.05) is 32.8 Å². The van der Waals surface area contributed by atoms with Gasteiger partial charge in [-0.25, -0.2) is 17.2 Å². The first-order valence-corrected chi connectivity index (χ1v) is 8.20. The lowest BCUT2D eigenvalue weighted by Gasteiger charge is -2.33. The number of ether oxygens (including phenoxy) is 1. The zero-order chi connectivity index (χ0) is 15.9. The maximum Gasteiger partial charge on any atom is 0.254 e. The Morgan fingerprint density at radius 2 is 1.68 bits per heavy atom. The third-order valence-electron chi connectivity index (χ3n) is 3.68. The SMILES string of the molecule is O=C(C1CO1)N1CCN(S(=O)(=O)c2c(F)cccc2F)CC1. The van der Waals surface area contributed by atoms with Crippen LogP contribution in [0.15, 0.2) is 23.1 Å². The molecule has 0 saturated carbocycles. The van der Waals surface area contributed by atoms with E-state index in [1.165, 1.54) is 4.90 Å². The molecule has 22 heavy (non-hydrogen) atoms. The second kappa shape index (κ2) is 5.56. The number of halogens is 2. The molecule has 120 valence electrons. The van der Waals surface area contributed by atoms with Gasteiger partial charge in [0.1, 0.15) is 11.6 Å². The van der Waals surface area contributed by atoms with Gasteiger partial charge in [-0.3, -0.25) is 4.79 Å². The third kappa shape index (κ3) is 2.71. The van der Waals surface area contributed by atoms with Crippen LogP contribution in [-0.4, -0.2) is 62.4 Å². The Kier molecular flexibility index (Phi) is 3.87. The van der Waals surface area contributed by atoms with Crippen molar-refractivity contribution in [3.05, 3.63) is 29.8 Å². The van der Waals surface area contributed by atoms with Gasteiger partial charge in [-0.1, -0.05) is 6.07 Å². The summed E-state index contributed by atoms with van der Waals surface area (Å²) >= 11 is 0. The number of nitrogens with zero attached hydrogens (tertiary/aromatic N) is 2. The molecule has 3 rings (SSSR count). The van der Waals surface area contributed by atoms with Gasteiger partial charge in [0.25, 0.3) is 5.91 Å². The molecule has 0 bridgehead atoms. The van der Waals surface area contributed by atoms with Gasteiger partial charge >= 0.3 is 0 Å². The smallest absolute Gasteiger partial charge is 0.254 e. The molecule has 2 heterocycles. The third-order valence-corrected chi connectivity index (χ3v) is 5.63. The van der Waals surface area contributed by atoms with Crippen LogP contribution in [0.4, 0.5) is 8.78 Å². The van der Waals surface area contributed by atoms with E-state index in [0.29, 0.717) is 6.61 Å². The minimum Gasteiger partial charge on any atom is -0.363 e. The number of hydrogen-bond acceptors (Lipinski definition) is 4. The van der Waals surface area contributed by atoms with Crippen LogP contribution in [-0.2, 0) is 19.6 Å². The predicted octanol–water partition coefficient (Wildman–Crippen LogP) is 0.196. The standard InChI is InChI=1S/C13H14F2N2O4S/c14-9-2-1-3-10(15)12(9)22(19,20)17-6-4-16(5-7-17)13(18)11-8-21-11/h1-3,11H,4-8H2. The molecular weight excluding hydrogens is 318 g/mol. The first-order chi connectivity index (χ1) is 10.4. The van der Waals surface area contributed by atoms with Crippen molar-refractivity contribution in [2.24, 2.45) is 0 Å². The first kappa shape index (κ1) is 15.3. The number of carbonyl (C=O) groups is 1.